The van der Waals surface area contributed by atoms with E-state index in [-0.39, 0.29) is 15.9 Å². The summed E-state index contributed by atoms with van der Waals surface area (Å²) in [5.74, 6) is -0.295. The van der Waals surface area contributed by atoms with Crippen molar-refractivity contribution in [1.29, 1.82) is 0 Å². The van der Waals surface area contributed by atoms with Gasteiger partial charge in [-0.3, -0.25) is 4.79 Å². The largest absolute Gasteiger partial charge is 0.495 e. The minimum atomic E-state index is -3.62. The number of halogens is 2. The van der Waals surface area contributed by atoms with Crippen molar-refractivity contribution in [3.05, 3.63) is 39.6 Å². The average molecular weight is 435 g/mol. The van der Waals surface area contributed by atoms with Crippen molar-refractivity contribution >= 4 is 49.0 Å². The molecule has 0 spiro atoms. The Kier molecular flexibility index (Phi) is 5.79. The number of methoxy groups -OCH3 is 1. The zero-order valence-corrected chi connectivity index (χ0v) is 15.9. The van der Waals surface area contributed by atoms with Crippen molar-refractivity contribution in [3.63, 3.8) is 0 Å². The standard InChI is InChI=1S/C14H13BrClN3O4S/c1-3-24(21,22)14-17-7-9(15)12(19-14)13(20)18-8-4-5-11(23-2)10(16)6-8/h4-7H,3H2,1-2H3,(H,18,20). The Labute approximate surface area is 152 Å². The van der Waals surface area contributed by atoms with Crippen LogP contribution in [0.25, 0.3) is 0 Å². The van der Waals surface area contributed by atoms with Gasteiger partial charge in [-0.15, -0.1) is 0 Å². The highest BCUT2D eigenvalue weighted by molar-refractivity contribution is 9.10. The number of carbonyl (C=O) groups excluding carboxylic acids is 1. The molecule has 1 heterocycles. The first kappa shape index (κ1) is 18.6. The number of rotatable bonds is 5. The van der Waals surface area contributed by atoms with Gasteiger partial charge < -0.3 is 10.1 Å². The molecular formula is C14H13BrClN3O4S. The Morgan fingerprint density at radius 2 is 2.12 bits per heavy atom. The van der Waals surface area contributed by atoms with Gasteiger partial charge in [-0.25, -0.2) is 18.4 Å². The molecule has 128 valence electrons. The summed E-state index contributed by atoms with van der Waals surface area (Å²) in [4.78, 5) is 20.0. The third-order valence-electron chi connectivity index (χ3n) is 3.00. The van der Waals surface area contributed by atoms with Crippen molar-refractivity contribution in [3.8, 4) is 5.75 Å². The normalized spacial score (nSPS) is 11.2. The van der Waals surface area contributed by atoms with Crippen LogP contribution in [-0.2, 0) is 9.84 Å². The molecule has 0 aliphatic heterocycles. The molecule has 1 aromatic heterocycles. The lowest BCUT2D eigenvalue weighted by Crippen LogP contribution is -2.18. The fourth-order valence-corrected chi connectivity index (χ4v) is 3.05. The molecule has 1 aromatic carbocycles. The quantitative estimate of drug-likeness (QED) is 0.727. The number of amides is 1. The van der Waals surface area contributed by atoms with E-state index in [0.717, 1.165) is 0 Å². The van der Waals surface area contributed by atoms with Crippen molar-refractivity contribution in [1.82, 2.24) is 9.97 Å². The number of carbonyl (C=O) groups is 1. The molecule has 0 bridgehead atoms. The van der Waals surface area contributed by atoms with E-state index in [2.05, 4.69) is 31.2 Å². The minimum absolute atomic E-state index is 0.0936. The molecule has 0 unspecified atom stereocenters. The monoisotopic (exact) mass is 433 g/mol. The number of hydrogen-bond donors (Lipinski definition) is 1. The van der Waals surface area contributed by atoms with Gasteiger partial charge in [0.05, 0.1) is 22.4 Å². The van der Waals surface area contributed by atoms with Crippen LogP contribution in [0.15, 0.2) is 34.0 Å². The van der Waals surface area contributed by atoms with Gasteiger partial charge in [-0.05, 0) is 34.1 Å². The summed E-state index contributed by atoms with van der Waals surface area (Å²) in [7, 11) is -2.14. The predicted octanol–water partition coefficient (Wildman–Crippen LogP) is 2.95. The molecule has 0 aliphatic carbocycles. The van der Waals surface area contributed by atoms with Crippen LogP contribution in [0.1, 0.15) is 17.4 Å². The summed E-state index contributed by atoms with van der Waals surface area (Å²) in [6.45, 7) is 1.47. The highest BCUT2D eigenvalue weighted by Crippen LogP contribution is 2.27. The Morgan fingerprint density at radius 3 is 2.71 bits per heavy atom. The Morgan fingerprint density at radius 1 is 1.42 bits per heavy atom. The molecule has 0 saturated carbocycles. The predicted molar refractivity (Wildman–Crippen MR) is 93.4 cm³/mol. The maximum atomic E-state index is 12.4. The van der Waals surface area contributed by atoms with Crippen LogP contribution in [0.3, 0.4) is 0 Å². The molecule has 2 rings (SSSR count). The highest BCUT2D eigenvalue weighted by atomic mass is 79.9. The molecule has 24 heavy (non-hydrogen) atoms. The number of hydrogen-bond acceptors (Lipinski definition) is 6. The Balaban J connectivity index is 2.33. The van der Waals surface area contributed by atoms with Gasteiger partial charge in [0.1, 0.15) is 11.4 Å². The third kappa shape index (κ3) is 4.03. The molecule has 10 heteroatoms. The number of anilines is 1. The second kappa shape index (κ2) is 7.45. The van der Waals surface area contributed by atoms with Crippen molar-refractivity contribution in [2.24, 2.45) is 0 Å². The Bertz CT molecular complexity index is 890. The maximum absolute atomic E-state index is 12.4. The zero-order valence-electron chi connectivity index (χ0n) is 12.7. The summed E-state index contributed by atoms with van der Waals surface area (Å²) in [6.07, 6.45) is 1.23. The number of aromatic nitrogens is 2. The van der Waals surface area contributed by atoms with Gasteiger partial charge >= 0.3 is 0 Å². The second-order valence-electron chi connectivity index (χ2n) is 4.56. The lowest BCUT2D eigenvalue weighted by molar-refractivity contribution is 0.102. The fraction of sp³-hybridized carbons (Fsp3) is 0.214. The Hall–Kier alpha value is -1.71. The second-order valence-corrected chi connectivity index (χ2v) is 7.99. The first-order valence-corrected chi connectivity index (χ1v) is 9.51. The molecule has 1 N–H and O–H groups in total. The van der Waals surface area contributed by atoms with Gasteiger partial charge in [0.2, 0.25) is 15.0 Å². The summed E-state index contributed by atoms with van der Waals surface area (Å²) in [6, 6.07) is 4.71. The molecular weight excluding hydrogens is 422 g/mol. The highest BCUT2D eigenvalue weighted by Gasteiger charge is 2.21. The van der Waals surface area contributed by atoms with E-state index >= 15 is 0 Å². The van der Waals surface area contributed by atoms with Crippen LogP contribution in [0.4, 0.5) is 5.69 Å². The molecule has 0 radical (unpaired) electrons. The first-order valence-electron chi connectivity index (χ1n) is 6.68. The van der Waals surface area contributed by atoms with Gasteiger partial charge in [0.25, 0.3) is 5.91 Å². The molecule has 7 nitrogen and oxygen atoms in total. The van der Waals surface area contributed by atoms with Gasteiger partial charge in [-0.1, -0.05) is 18.5 Å². The molecule has 0 aliphatic rings. The SMILES string of the molecule is CCS(=O)(=O)c1ncc(Br)c(C(=O)Nc2ccc(OC)c(Cl)c2)n1. The van der Waals surface area contributed by atoms with E-state index in [4.69, 9.17) is 16.3 Å². The van der Waals surface area contributed by atoms with Crippen LogP contribution in [0.2, 0.25) is 5.02 Å². The number of nitrogens with zero attached hydrogens (tertiary/aromatic N) is 2. The number of ether oxygens (including phenoxy) is 1. The maximum Gasteiger partial charge on any atom is 0.275 e. The molecule has 0 atom stereocenters. The van der Waals surface area contributed by atoms with Crippen LogP contribution < -0.4 is 10.1 Å². The third-order valence-corrected chi connectivity index (χ3v) is 5.39. The molecule has 0 fully saturated rings. The topological polar surface area (TPSA) is 98.2 Å². The number of sulfone groups is 1. The van der Waals surface area contributed by atoms with Gasteiger partial charge in [-0.2, -0.15) is 0 Å². The number of nitrogens with one attached hydrogen (secondary N) is 1. The van der Waals surface area contributed by atoms with Crippen molar-refractivity contribution < 1.29 is 17.9 Å². The van der Waals surface area contributed by atoms with Gasteiger partial charge in [0.15, 0.2) is 0 Å². The van der Waals surface area contributed by atoms with E-state index in [0.29, 0.717) is 16.5 Å². The first-order chi connectivity index (χ1) is 11.3. The van der Waals surface area contributed by atoms with E-state index < -0.39 is 20.9 Å². The van der Waals surface area contributed by atoms with E-state index in [1.165, 1.54) is 26.3 Å². The van der Waals surface area contributed by atoms with Crippen molar-refractivity contribution in [2.75, 3.05) is 18.2 Å². The summed E-state index contributed by atoms with van der Waals surface area (Å²) in [5, 5.41) is 2.52. The average Bonchev–Trinajstić information content (AvgIpc) is 2.55. The lowest BCUT2D eigenvalue weighted by atomic mass is 10.3. The van der Waals surface area contributed by atoms with Crippen LogP contribution in [0.5, 0.6) is 5.75 Å². The minimum Gasteiger partial charge on any atom is -0.495 e. The van der Waals surface area contributed by atoms with Gasteiger partial charge in [0, 0.05) is 11.9 Å². The number of benzene rings is 1. The summed E-state index contributed by atoms with van der Waals surface area (Å²) < 4.78 is 29.0. The summed E-state index contributed by atoms with van der Waals surface area (Å²) >= 11 is 9.15. The fourth-order valence-electron chi connectivity index (χ4n) is 1.72. The molecule has 1 amide bonds. The lowest BCUT2D eigenvalue weighted by Gasteiger charge is -2.09. The van der Waals surface area contributed by atoms with Crippen LogP contribution in [0, 0.1) is 0 Å². The van der Waals surface area contributed by atoms with Crippen LogP contribution in [-0.4, -0.2) is 37.2 Å². The zero-order chi connectivity index (χ0) is 17.9. The molecule has 0 saturated heterocycles. The summed E-state index contributed by atoms with van der Waals surface area (Å²) in [5.41, 5.74) is 0.320. The molecule has 2 aromatic rings. The van der Waals surface area contributed by atoms with Crippen LogP contribution >= 0.6 is 27.5 Å². The van der Waals surface area contributed by atoms with E-state index in [1.54, 1.807) is 12.1 Å². The smallest absolute Gasteiger partial charge is 0.275 e. The van der Waals surface area contributed by atoms with E-state index in [9.17, 15) is 13.2 Å². The van der Waals surface area contributed by atoms with Crippen molar-refractivity contribution in [2.45, 2.75) is 12.1 Å². The van der Waals surface area contributed by atoms with E-state index in [1.807, 2.05) is 0 Å².